The Kier molecular flexibility index (Phi) is 5.36. The Morgan fingerprint density at radius 1 is 1.28 bits per heavy atom. The molecule has 3 aromatic rings. The van der Waals surface area contributed by atoms with E-state index >= 15 is 0 Å². The number of benzene rings is 1. The zero-order chi connectivity index (χ0) is 23.4. The van der Waals surface area contributed by atoms with Crippen molar-refractivity contribution < 1.29 is 23.1 Å². The van der Waals surface area contributed by atoms with Gasteiger partial charge in [-0.25, -0.2) is 4.98 Å². The second-order valence-corrected chi connectivity index (χ2v) is 8.34. The number of aryl methyl sites for hydroxylation is 1. The smallest absolute Gasteiger partial charge is 0.416 e. The number of likely N-dealkylation sites (N-methyl/N-ethyl adjacent to an activating group) is 1. The van der Waals surface area contributed by atoms with Crippen LogP contribution in [0, 0.1) is 6.92 Å². The lowest BCUT2D eigenvalue weighted by atomic mass is 9.99. The van der Waals surface area contributed by atoms with Gasteiger partial charge in [0, 0.05) is 37.0 Å². The van der Waals surface area contributed by atoms with E-state index in [0.717, 1.165) is 17.1 Å². The van der Waals surface area contributed by atoms with E-state index in [2.05, 4.69) is 10.1 Å². The molecule has 0 unspecified atom stereocenters. The lowest BCUT2D eigenvalue weighted by Crippen LogP contribution is -2.39. The number of hydrogen-bond donors (Lipinski definition) is 2. The number of phenols is 1. The first kappa shape index (κ1) is 22.1. The Hall–Kier alpha value is -3.14. The number of nitrogens with two attached hydrogens (primary N) is 1. The molecule has 2 aromatic heterocycles. The zero-order valence-electron chi connectivity index (χ0n) is 17.9. The molecule has 3 N–H and O–H groups in total. The number of pyridine rings is 1. The number of piperidine rings is 1. The molecule has 0 saturated carbocycles. The maximum Gasteiger partial charge on any atom is 0.416 e. The minimum absolute atomic E-state index is 0.0578. The zero-order valence-corrected chi connectivity index (χ0v) is 17.9. The molecular weight excluding hydrogens is 423 g/mol. The van der Waals surface area contributed by atoms with E-state index in [1.54, 1.807) is 24.1 Å². The highest BCUT2D eigenvalue weighted by Crippen LogP contribution is 2.39. The van der Waals surface area contributed by atoms with Crippen molar-refractivity contribution in [3.8, 4) is 17.0 Å². The number of aromatic hydroxyl groups is 1. The van der Waals surface area contributed by atoms with E-state index in [-0.39, 0.29) is 29.1 Å². The third-order valence-corrected chi connectivity index (χ3v) is 5.88. The van der Waals surface area contributed by atoms with Crippen LogP contribution in [-0.2, 0) is 11.0 Å². The number of aromatic nitrogens is 3. The number of carbonyl (C=O) groups excluding carboxylic acids is 1. The van der Waals surface area contributed by atoms with Gasteiger partial charge in [-0.05, 0) is 50.1 Å². The van der Waals surface area contributed by atoms with Gasteiger partial charge in [-0.15, -0.1) is 0 Å². The number of carbonyl (C=O) groups is 1. The number of fused-ring (bicyclic) bond motifs is 1. The normalized spacial score (nSPS) is 18.4. The maximum atomic E-state index is 13.1. The summed E-state index contributed by atoms with van der Waals surface area (Å²) in [6.07, 6.45) is -3.52. The Labute approximate surface area is 182 Å². The molecule has 0 bridgehead atoms. The van der Waals surface area contributed by atoms with Gasteiger partial charge in [0.2, 0.25) is 5.91 Å². The first-order valence-corrected chi connectivity index (χ1v) is 10.3. The molecule has 170 valence electrons. The van der Waals surface area contributed by atoms with Gasteiger partial charge in [0.15, 0.2) is 5.65 Å². The Balaban J connectivity index is 1.81. The summed E-state index contributed by atoms with van der Waals surface area (Å²) in [7, 11) is 1.75. The number of halogens is 3. The third kappa shape index (κ3) is 3.79. The van der Waals surface area contributed by atoms with Crippen molar-refractivity contribution in [3.63, 3.8) is 0 Å². The van der Waals surface area contributed by atoms with Crippen molar-refractivity contribution in [2.24, 2.45) is 5.73 Å². The molecular formula is C22H24F3N5O2. The van der Waals surface area contributed by atoms with Crippen molar-refractivity contribution in [1.29, 1.82) is 0 Å². The summed E-state index contributed by atoms with van der Waals surface area (Å²) in [6, 6.07) is 4.70. The fraction of sp³-hybridized carbons (Fsp3) is 0.409. The van der Waals surface area contributed by atoms with Gasteiger partial charge >= 0.3 is 6.18 Å². The Morgan fingerprint density at radius 3 is 2.59 bits per heavy atom. The minimum Gasteiger partial charge on any atom is -0.507 e. The average Bonchev–Trinajstić information content (AvgIpc) is 3.08. The molecule has 10 heteroatoms. The van der Waals surface area contributed by atoms with Crippen molar-refractivity contribution >= 4 is 16.9 Å². The summed E-state index contributed by atoms with van der Waals surface area (Å²) < 4.78 is 41.0. The maximum absolute atomic E-state index is 13.1. The van der Waals surface area contributed by atoms with E-state index < -0.39 is 17.5 Å². The number of alkyl halides is 3. The van der Waals surface area contributed by atoms with E-state index in [1.165, 1.54) is 6.92 Å². The SMILES string of the molecule is Cc1cc(C(F)(F)F)cc(O)c1-c1ccc2c([C@H](C)N)n([C@H]3CCC(=O)N(C)C3)nc2n1. The van der Waals surface area contributed by atoms with Crippen molar-refractivity contribution in [2.45, 2.75) is 44.9 Å². The Morgan fingerprint density at radius 2 is 2.00 bits per heavy atom. The molecule has 7 nitrogen and oxygen atoms in total. The molecule has 3 heterocycles. The monoisotopic (exact) mass is 447 g/mol. The third-order valence-electron chi connectivity index (χ3n) is 5.88. The number of hydrogen-bond acceptors (Lipinski definition) is 5. The largest absolute Gasteiger partial charge is 0.507 e. The van der Waals surface area contributed by atoms with Crippen LogP contribution in [0.15, 0.2) is 24.3 Å². The lowest BCUT2D eigenvalue weighted by Gasteiger charge is -2.31. The first-order chi connectivity index (χ1) is 15.0. The number of nitrogens with zero attached hydrogens (tertiary/aromatic N) is 4. The van der Waals surface area contributed by atoms with Gasteiger partial charge in [-0.2, -0.15) is 18.3 Å². The van der Waals surface area contributed by atoms with Crippen molar-refractivity contribution in [3.05, 3.63) is 41.1 Å². The van der Waals surface area contributed by atoms with Crippen LogP contribution < -0.4 is 5.73 Å². The van der Waals surface area contributed by atoms with Gasteiger partial charge in [-0.3, -0.25) is 9.48 Å². The topological polar surface area (TPSA) is 97.3 Å². The van der Waals surface area contributed by atoms with Crippen molar-refractivity contribution in [1.82, 2.24) is 19.7 Å². The van der Waals surface area contributed by atoms with Crippen LogP contribution in [0.1, 0.15) is 48.7 Å². The van der Waals surface area contributed by atoms with Crippen molar-refractivity contribution in [2.75, 3.05) is 13.6 Å². The molecule has 4 rings (SSSR count). The molecule has 1 aliphatic heterocycles. The molecule has 1 fully saturated rings. The quantitative estimate of drug-likeness (QED) is 0.634. The van der Waals surface area contributed by atoms with Crippen LogP contribution in [0.3, 0.4) is 0 Å². The van der Waals surface area contributed by atoms with E-state index in [1.807, 2.05) is 11.6 Å². The van der Waals surface area contributed by atoms with E-state index in [0.29, 0.717) is 36.8 Å². The summed E-state index contributed by atoms with van der Waals surface area (Å²) in [4.78, 5) is 18.1. The lowest BCUT2D eigenvalue weighted by molar-refractivity contribution is -0.137. The van der Waals surface area contributed by atoms with Crippen LogP contribution >= 0.6 is 0 Å². The van der Waals surface area contributed by atoms with Gasteiger partial charge in [-0.1, -0.05) is 0 Å². The van der Waals surface area contributed by atoms with Crippen LogP contribution in [-0.4, -0.2) is 44.3 Å². The molecule has 1 aromatic carbocycles. The summed E-state index contributed by atoms with van der Waals surface area (Å²) in [6.45, 7) is 3.83. The molecule has 0 spiro atoms. The molecule has 1 aliphatic rings. The van der Waals surface area contributed by atoms with Crippen LogP contribution in [0.25, 0.3) is 22.3 Å². The highest BCUT2D eigenvalue weighted by atomic mass is 19.4. The standard InChI is InChI=1S/C22H24F3N5O2/c1-11-8-13(22(23,24)25)9-17(31)19(11)16-6-5-15-20(12(2)26)30(28-21(15)27-16)14-4-7-18(32)29(3)10-14/h5-6,8-9,12,14,31H,4,7,10,26H2,1-3H3/t12-,14-/m0/s1. The number of amides is 1. The van der Waals surface area contributed by atoms with Gasteiger partial charge < -0.3 is 15.7 Å². The second-order valence-electron chi connectivity index (χ2n) is 8.34. The van der Waals surface area contributed by atoms with Crippen LogP contribution in [0.5, 0.6) is 5.75 Å². The van der Waals surface area contributed by atoms with Gasteiger partial charge in [0.1, 0.15) is 5.75 Å². The summed E-state index contributed by atoms with van der Waals surface area (Å²) in [5.41, 5.74) is 7.27. The van der Waals surface area contributed by atoms with Gasteiger partial charge in [0.25, 0.3) is 0 Å². The summed E-state index contributed by atoms with van der Waals surface area (Å²) in [5.74, 6) is -0.419. The van der Waals surface area contributed by atoms with Gasteiger partial charge in [0.05, 0.1) is 23.0 Å². The fourth-order valence-corrected chi connectivity index (χ4v) is 4.33. The molecule has 2 atom stereocenters. The number of phenolic OH excluding ortho intramolecular Hbond substituents is 1. The molecule has 1 saturated heterocycles. The fourth-order valence-electron chi connectivity index (χ4n) is 4.33. The second kappa shape index (κ2) is 7.77. The Bertz CT molecular complexity index is 1180. The summed E-state index contributed by atoms with van der Waals surface area (Å²) >= 11 is 0. The molecule has 0 radical (unpaired) electrons. The van der Waals surface area contributed by atoms with Crippen LogP contribution in [0.2, 0.25) is 0 Å². The first-order valence-electron chi connectivity index (χ1n) is 10.3. The minimum atomic E-state index is -4.56. The highest BCUT2D eigenvalue weighted by Gasteiger charge is 2.32. The average molecular weight is 447 g/mol. The van der Waals surface area contributed by atoms with E-state index in [9.17, 15) is 23.1 Å². The highest BCUT2D eigenvalue weighted by molar-refractivity contribution is 5.83. The predicted octanol–water partition coefficient (Wildman–Crippen LogP) is 3.94. The molecule has 1 amide bonds. The van der Waals surface area contributed by atoms with E-state index in [4.69, 9.17) is 5.73 Å². The molecule has 32 heavy (non-hydrogen) atoms. The predicted molar refractivity (Wildman–Crippen MR) is 113 cm³/mol. The molecule has 0 aliphatic carbocycles. The number of likely N-dealkylation sites (tertiary alicyclic amines) is 1. The van der Waals surface area contributed by atoms with Crippen LogP contribution in [0.4, 0.5) is 13.2 Å². The summed E-state index contributed by atoms with van der Waals surface area (Å²) in [5, 5.41) is 15.7. The number of rotatable bonds is 3.